The minimum Gasteiger partial charge on any atom is -0.299 e. The number of nitrogens with zero attached hydrogens (tertiary/aromatic N) is 1. The van der Waals surface area contributed by atoms with Crippen LogP contribution in [0.4, 0.5) is 18.9 Å². The van der Waals surface area contributed by atoms with E-state index in [-0.39, 0.29) is 29.4 Å². The normalized spacial score (nSPS) is 14.3. The summed E-state index contributed by atoms with van der Waals surface area (Å²) in [6, 6.07) is 20.2. The van der Waals surface area contributed by atoms with Gasteiger partial charge in [0.05, 0.1) is 10.5 Å². The van der Waals surface area contributed by atoms with Crippen molar-refractivity contribution in [3.63, 3.8) is 0 Å². The lowest BCUT2D eigenvalue weighted by Gasteiger charge is -2.20. The highest BCUT2D eigenvalue weighted by atomic mass is 32.2. The fourth-order valence-corrected chi connectivity index (χ4v) is 6.65. The first-order chi connectivity index (χ1) is 20.5. The summed E-state index contributed by atoms with van der Waals surface area (Å²) >= 11 is 0. The number of carbonyl (C=O) groups is 1. The average molecular weight is 607 g/mol. The number of sulfonamides is 1. The molecule has 224 valence electrons. The summed E-state index contributed by atoms with van der Waals surface area (Å²) in [5.41, 5.74) is 2.54. The number of nitrogens with one attached hydrogen (secondary N) is 1. The number of rotatable bonds is 12. The molecule has 1 saturated carbocycles. The van der Waals surface area contributed by atoms with Gasteiger partial charge in [-0.05, 0) is 77.3 Å². The quantitative estimate of drug-likeness (QED) is 0.176. The summed E-state index contributed by atoms with van der Waals surface area (Å²) in [7, 11) is -4.43. The number of aromatic nitrogens is 1. The molecular formula is C34H33F3N2O3S. The number of Topliss-reactive ketones (excluding diaryl/α,β-unsaturated/α-hetero) is 1. The molecular weight excluding hydrogens is 573 g/mol. The third-order valence-corrected chi connectivity index (χ3v) is 9.21. The molecule has 0 radical (unpaired) electrons. The van der Waals surface area contributed by atoms with Gasteiger partial charge in [0.25, 0.3) is 10.0 Å². The molecule has 5 rings (SSSR count). The molecule has 0 aliphatic heterocycles. The molecule has 0 saturated heterocycles. The van der Waals surface area contributed by atoms with Gasteiger partial charge in [-0.2, -0.15) is 13.2 Å². The number of pyridine rings is 1. The molecule has 0 bridgehead atoms. The Balaban J connectivity index is 1.38. The van der Waals surface area contributed by atoms with Crippen molar-refractivity contribution in [2.24, 2.45) is 5.92 Å². The maximum Gasteiger partial charge on any atom is 0.416 e. The van der Waals surface area contributed by atoms with Gasteiger partial charge < -0.3 is 0 Å². The molecule has 3 aromatic carbocycles. The Morgan fingerprint density at radius 1 is 0.953 bits per heavy atom. The van der Waals surface area contributed by atoms with Crippen LogP contribution in [-0.4, -0.2) is 19.2 Å². The van der Waals surface area contributed by atoms with Crippen LogP contribution < -0.4 is 4.72 Å². The van der Waals surface area contributed by atoms with E-state index in [1.165, 1.54) is 18.2 Å². The molecule has 5 nitrogen and oxygen atoms in total. The Bertz CT molecular complexity index is 1680. The van der Waals surface area contributed by atoms with Crippen molar-refractivity contribution in [1.29, 1.82) is 0 Å². The predicted octanol–water partition coefficient (Wildman–Crippen LogP) is 8.22. The van der Waals surface area contributed by atoms with Gasteiger partial charge in [-0.15, -0.1) is 0 Å². The van der Waals surface area contributed by atoms with Crippen LogP contribution in [-0.2, 0) is 33.8 Å². The average Bonchev–Trinajstić information content (AvgIpc) is 3.81. The van der Waals surface area contributed by atoms with Crippen LogP contribution >= 0.6 is 0 Å². The van der Waals surface area contributed by atoms with E-state index in [1.807, 2.05) is 24.3 Å². The molecule has 1 unspecified atom stereocenters. The zero-order valence-electron chi connectivity index (χ0n) is 23.8. The van der Waals surface area contributed by atoms with E-state index in [4.69, 9.17) is 0 Å². The molecule has 4 aromatic rings. The number of hydrogen-bond donors (Lipinski definition) is 1. The first-order valence-electron chi connectivity index (χ1n) is 14.3. The standard InChI is InChI=1S/C34H33F3N2O3S/c1-23(19-24-8-9-24)30-6-2-3-7-31(30)32-17-13-27(34(35,36)37)21-33(32)43(41,42)39-28-14-10-25(11-15-28)20-29(40)16-12-26-5-4-18-38-22-26/h2-7,10-11,13-15,17-18,21-24,39H,8-9,12,16,19-20H2,1H3. The van der Waals surface area contributed by atoms with Crippen LogP contribution in [0.5, 0.6) is 0 Å². The van der Waals surface area contributed by atoms with E-state index in [0.29, 0.717) is 36.0 Å². The first-order valence-corrected chi connectivity index (χ1v) is 15.8. The molecule has 1 aliphatic carbocycles. The van der Waals surface area contributed by atoms with E-state index < -0.39 is 26.7 Å². The summed E-state index contributed by atoms with van der Waals surface area (Å²) in [4.78, 5) is 16.1. The smallest absolute Gasteiger partial charge is 0.299 e. The maximum absolute atomic E-state index is 13.7. The fourth-order valence-electron chi connectivity index (χ4n) is 5.34. The van der Waals surface area contributed by atoms with Gasteiger partial charge in [0.15, 0.2) is 0 Å². The largest absolute Gasteiger partial charge is 0.416 e. The van der Waals surface area contributed by atoms with Gasteiger partial charge in [-0.1, -0.05) is 68.3 Å². The van der Waals surface area contributed by atoms with Crippen molar-refractivity contribution < 1.29 is 26.4 Å². The molecule has 1 atom stereocenters. The van der Waals surface area contributed by atoms with Crippen molar-refractivity contribution in [2.75, 3.05) is 4.72 Å². The van der Waals surface area contributed by atoms with E-state index in [1.54, 1.807) is 36.7 Å². The number of alkyl halides is 3. The Morgan fingerprint density at radius 2 is 1.70 bits per heavy atom. The van der Waals surface area contributed by atoms with Gasteiger partial charge in [-0.25, -0.2) is 8.42 Å². The molecule has 0 spiro atoms. The summed E-state index contributed by atoms with van der Waals surface area (Å²) in [5, 5.41) is 0. The number of benzene rings is 3. The van der Waals surface area contributed by atoms with Gasteiger partial charge >= 0.3 is 6.18 Å². The van der Waals surface area contributed by atoms with E-state index in [2.05, 4.69) is 16.6 Å². The van der Waals surface area contributed by atoms with Gasteiger partial charge in [-0.3, -0.25) is 14.5 Å². The molecule has 43 heavy (non-hydrogen) atoms. The number of aryl methyl sites for hydroxylation is 1. The van der Waals surface area contributed by atoms with Crippen LogP contribution in [0.1, 0.15) is 60.8 Å². The van der Waals surface area contributed by atoms with Crippen molar-refractivity contribution in [2.45, 2.75) is 62.4 Å². The Morgan fingerprint density at radius 3 is 2.37 bits per heavy atom. The van der Waals surface area contributed by atoms with Gasteiger partial charge in [0, 0.05) is 36.5 Å². The fraction of sp³-hybridized carbons (Fsp3) is 0.294. The lowest BCUT2D eigenvalue weighted by molar-refractivity contribution is -0.137. The molecule has 1 fully saturated rings. The second-order valence-corrected chi connectivity index (χ2v) is 12.9. The zero-order valence-corrected chi connectivity index (χ0v) is 24.6. The highest BCUT2D eigenvalue weighted by molar-refractivity contribution is 7.92. The molecule has 0 amide bonds. The summed E-state index contributed by atoms with van der Waals surface area (Å²) in [6.45, 7) is 2.07. The van der Waals surface area contributed by atoms with E-state index >= 15 is 0 Å². The molecule has 1 N–H and O–H groups in total. The summed E-state index contributed by atoms with van der Waals surface area (Å²) in [6.07, 6.45) is 3.04. The number of ketones is 1. The van der Waals surface area contributed by atoms with Gasteiger partial charge in [0.2, 0.25) is 0 Å². The highest BCUT2D eigenvalue weighted by Gasteiger charge is 2.34. The Hall–Kier alpha value is -3.98. The predicted molar refractivity (Wildman–Crippen MR) is 161 cm³/mol. The van der Waals surface area contributed by atoms with Crippen molar-refractivity contribution in [3.05, 3.63) is 114 Å². The monoisotopic (exact) mass is 606 g/mol. The molecule has 9 heteroatoms. The van der Waals surface area contributed by atoms with Crippen LogP contribution in [0, 0.1) is 5.92 Å². The SMILES string of the molecule is CC(CC1CC1)c1ccccc1-c1ccc(C(F)(F)F)cc1S(=O)(=O)Nc1ccc(CC(=O)CCc2cccnc2)cc1. The number of anilines is 1. The lowest BCUT2D eigenvalue weighted by atomic mass is 9.88. The van der Waals surface area contributed by atoms with Crippen LogP contribution in [0.3, 0.4) is 0 Å². The minimum atomic E-state index is -4.72. The third kappa shape index (κ3) is 7.90. The zero-order chi connectivity index (χ0) is 30.6. The first kappa shape index (κ1) is 30.5. The molecule has 1 aliphatic rings. The van der Waals surface area contributed by atoms with Crippen LogP contribution in [0.15, 0.2) is 96.2 Å². The van der Waals surface area contributed by atoms with E-state index in [0.717, 1.165) is 36.5 Å². The molecule has 1 aromatic heterocycles. The summed E-state index contributed by atoms with van der Waals surface area (Å²) in [5.74, 6) is 0.773. The highest BCUT2D eigenvalue weighted by Crippen LogP contribution is 2.43. The topological polar surface area (TPSA) is 76.1 Å². The second kappa shape index (κ2) is 12.7. The van der Waals surface area contributed by atoms with Crippen molar-refractivity contribution in [3.8, 4) is 11.1 Å². The third-order valence-electron chi connectivity index (χ3n) is 7.79. The number of carbonyl (C=O) groups excluding carboxylic acids is 1. The van der Waals surface area contributed by atoms with Crippen molar-refractivity contribution in [1.82, 2.24) is 4.98 Å². The Kier molecular flexibility index (Phi) is 9.01. The van der Waals surface area contributed by atoms with Crippen LogP contribution in [0.25, 0.3) is 11.1 Å². The Labute approximate surface area is 250 Å². The minimum absolute atomic E-state index is 0.0281. The number of hydrogen-bond acceptors (Lipinski definition) is 4. The van der Waals surface area contributed by atoms with Crippen molar-refractivity contribution >= 4 is 21.5 Å². The number of halogens is 3. The van der Waals surface area contributed by atoms with Crippen LogP contribution in [0.2, 0.25) is 0 Å². The van der Waals surface area contributed by atoms with E-state index in [9.17, 15) is 26.4 Å². The second-order valence-electron chi connectivity index (χ2n) is 11.3. The molecule has 1 heterocycles. The summed E-state index contributed by atoms with van der Waals surface area (Å²) < 4.78 is 71.0. The lowest BCUT2D eigenvalue weighted by Crippen LogP contribution is -2.16. The van der Waals surface area contributed by atoms with Gasteiger partial charge in [0.1, 0.15) is 5.78 Å². The maximum atomic E-state index is 13.7.